The molecular formula is C8H23O3PSi2. The van der Waals surface area contributed by atoms with Crippen molar-refractivity contribution in [1.82, 2.24) is 0 Å². The fraction of sp³-hybridized carbons (Fsp3) is 1.00. The fourth-order valence-corrected chi connectivity index (χ4v) is 9.18. The van der Waals surface area contributed by atoms with E-state index in [1.807, 2.05) is 46.2 Å². The van der Waals surface area contributed by atoms with Crippen molar-refractivity contribution in [1.29, 1.82) is 0 Å². The van der Waals surface area contributed by atoms with Gasteiger partial charge < -0.3 is 8.43 Å². The molecule has 0 radical (unpaired) electrons. The molecule has 86 valence electrons. The molecule has 0 aromatic heterocycles. The first-order chi connectivity index (χ1) is 5.97. The van der Waals surface area contributed by atoms with Crippen LogP contribution in [-0.2, 0) is 13.0 Å². The van der Waals surface area contributed by atoms with E-state index < -0.39 is 24.2 Å². The van der Waals surface area contributed by atoms with Crippen molar-refractivity contribution in [3.05, 3.63) is 0 Å². The van der Waals surface area contributed by atoms with E-state index >= 15 is 0 Å². The predicted molar refractivity (Wildman–Crippen MR) is 67.0 cm³/mol. The number of rotatable bonds is 5. The van der Waals surface area contributed by atoms with Crippen LogP contribution in [0.15, 0.2) is 0 Å². The molecule has 0 saturated carbocycles. The lowest BCUT2D eigenvalue weighted by atomic mass is 11.0. The van der Waals surface area contributed by atoms with Crippen LogP contribution in [0.25, 0.3) is 0 Å². The van der Waals surface area contributed by atoms with E-state index in [2.05, 4.69) is 0 Å². The van der Waals surface area contributed by atoms with Gasteiger partial charge in [0.05, 0.1) is 0 Å². The summed E-state index contributed by atoms with van der Waals surface area (Å²) in [6.45, 7) is 14.0. The molecule has 0 N–H and O–H groups in total. The van der Waals surface area contributed by atoms with Gasteiger partial charge in [-0.2, -0.15) is 0 Å². The Labute approximate surface area is 90.0 Å². The van der Waals surface area contributed by atoms with Crippen LogP contribution < -0.4 is 0 Å². The monoisotopic (exact) mass is 254 g/mol. The van der Waals surface area contributed by atoms with Gasteiger partial charge in [0.15, 0.2) is 16.6 Å². The van der Waals surface area contributed by atoms with Gasteiger partial charge in [-0.05, 0) is 39.3 Å². The molecule has 0 amide bonds. The summed E-state index contributed by atoms with van der Waals surface area (Å²) in [7, 11) is -6.38. The minimum Gasteiger partial charge on any atom is -0.352 e. The van der Waals surface area contributed by atoms with E-state index in [0.717, 1.165) is 0 Å². The molecule has 0 bridgehead atoms. The summed E-state index contributed by atoms with van der Waals surface area (Å²) < 4.78 is 23.6. The summed E-state index contributed by atoms with van der Waals surface area (Å²) in [5.41, 5.74) is 0. The van der Waals surface area contributed by atoms with Crippen molar-refractivity contribution in [3.8, 4) is 0 Å². The van der Waals surface area contributed by atoms with Gasteiger partial charge in [-0.15, -0.1) is 0 Å². The van der Waals surface area contributed by atoms with Crippen molar-refractivity contribution in [2.75, 3.05) is 6.16 Å². The Hall–Kier alpha value is 0.584. The molecule has 0 atom stereocenters. The van der Waals surface area contributed by atoms with Crippen molar-refractivity contribution < 1.29 is 13.0 Å². The van der Waals surface area contributed by atoms with Crippen LogP contribution in [0, 0.1) is 0 Å². The quantitative estimate of drug-likeness (QED) is 0.551. The molecule has 0 saturated heterocycles. The molecule has 0 fully saturated rings. The molecule has 0 aliphatic heterocycles. The summed E-state index contributed by atoms with van der Waals surface area (Å²) >= 11 is 0. The zero-order valence-corrected chi connectivity index (χ0v) is 13.3. The molecule has 0 aliphatic rings. The second-order valence-electron chi connectivity index (χ2n) is 5.33. The van der Waals surface area contributed by atoms with Gasteiger partial charge in [-0.25, -0.2) is 0 Å². The van der Waals surface area contributed by atoms with Crippen LogP contribution in [0.2, 0.25) is 39.3 Å². The Bertz CT molecular complexity index is 210. The average Bonchev–Trinajstić information content (AvgIpc) is 1.78. The van der Waals surface area contributed by atoms with Crippen LogP contribution in [0.1, 0.15) is 6.92 Å². The molecule has 0 aromatic carbocycles. The molecule has 0 spiro atoms. The highest BCUT2D eigenvalue weighted by molar-refractivity contribution is 7.57. The van der Waals surface area contributed by atoms with Crippen molar-refractivity contribution in [2.45, 2.75) is 46.2 Å². The van der Waals surface area contributed by atoms with Crippen molar-refractivity contribution in [2.24, 2.45) is 0 Å². The van der Waals surface area contributed by atoms with Crippen LogP contribution in [0.4, 0.5) is 0 Å². The Morgan fingerprint density at radius 2 is 1.21 bits per heavy atom. The lowest BCUT2D eigenvalue weighted by molar-refractivity contribution is 0.384. The maximum atomic E-state index is 12.2. The lowest BCUT2D eigenvalue weighted by Gasteiger charge is -2.30. The van der Waals surface area contributed by atoms with E-state index in [1.54, 1.807) is 0 Å². The Balaban J connectivity index is 4.59. The van der Waals surface area contributed by atoms with Crippen LogP contribution in [0.3, 0.4) is 0 Å². The van der Waals surface area contributed by atoms with E-state index in [1.165, 1.54) is 0 Å². The predicted octanol–water partition coefficient (Wildman–Crippen LogP) is 3.90. The summed E-state index contributed by atoms with van der Waals surface area (Å²) in [4.78, 5) is 0. The third-order valence-electron chi connectivity index (χ3n) is 1.21. The molecule has 0 unspecified atom stereocenters. The van der Waals surface area contributed by atoms with E-state index in [4.69, 9.17) is 8.43 Å². The molecule has 3 nitrogen and oxygen atoms in total. The van der Waals surface area contributed by atoms with Crippen LogP contribution in [0.5, 0.6) is 0 Å². The molecular weight excluding hydrogens is 231 g/mol. The SMILES string of the molecule is CCP(=O)(O[Si](C)(C)C)O[Si](C)(C)C. The molecule has 0 aliphatic carbocycles. The van der Waals surface area contributed by atoms with E-state index in [-0.39, 0.29) is 0 Å². The molecule has 0 heterocycles. The van der Waals surface area contributed by atoms with Gasteiger partial charge in [0, 0.05) is 6.16 Å². The van der Waals surface area contributed by atoms with Gasteiger partial charge in [-0.3, -0.25) is 4.57 Å². The normalized spacial score (nSPS) is 14.5. The lowest BCUT2D eigenvalue weighted by Crippen LogP contribution is -2.30. The minimum atomic E-state index is -2.82. The van der Waals surface area contributed by atoms with E-state index in [0.29, 0.717) is 6.16 Å². The van der Waals surface area contributed by atoms with Crippen LogP contribution in [-0.4, -0.2) is 22.8 Å². The number of hydrogen-bond donors (Lipinski definition) is 0. The first kappa shape index (κ1) is 14.6. The third kappa shape index (κ3) is 6.95. The maximum Gasteiger partial charge on any atom is 0.311 e. The van der Waals surface area contributed by atoms with Crippen molar-refractivity contribution >= 4 is 24.2 Å². The highest BCUT2D eigenvalue weighted by atomic mass is 31.2. The standard InChI is InChI=1S/C8H23O3PSi2/c1-8-12(9,10-13(2,3)4)11-14(5,6)7/h8H2,1-7H3. The summed E-state index contributed by atoms with van der Waals surface area (Å²) in [6.07, 6.45) is 0.474. The average molecular weight is 254 g/mol. The fourth-order valence-electron chi connectivity index (χ4n) is 0.982. The second-order valence-corrected chi connectivity index (χ2v) is 17.1. The first-order valence-electron chi connectivity index (χ1n) is 4.98. The van der Waals surface area contributed by atoms with Crippen molar-refractivity contribution in [3.63, 3.8) is 0 Å². The minimum absolute atomic E-state index is 0.474. The van der Waals surface area contributed by atoms with Gasteiger partial charge in [-0.1, -0.05) is 6.92 Å². The third-order valence-corrected chi connectivity index (χ3v) is 8.59. The Morgan fingerprint density at radius 1 is 0.929 bits per heavy atom. The highest BCUT2D eigenvalue weighted by Gasteiger charge is 2.34. The van der Waals surface area contributed by atoms with Gasteiger partial charge in [0.1, 0.15) is 0 Å². The van der Waals surface area contributed by atoms with Gasteiger partial charge in [0.2, 0.25) is 0 Å². The molecule has 14 heavy (non-hydrogen) atoms. The molecule has 0 aromatic rings. The number of hydrogen-bond acceptors (Lipinski definition) is 3. The highest BCUT2D eigenvalue weighted by Crippen LogP contribution is 2.52. The maximum absolute atomic E-state index is 12.2. The summed E-state index contributed by atoms with van der Waals surface area (Å²) in [5.74, 6) is 0. The summed E-state index contributed by atoms with van der Waals surface area (Å²) in [6, 6.07) is 0. The molecule has 6 heteroatoms. The zero-order chi connectivity index (χ0) is 11.6. The largest absolute Gasteiger partial charge is 0.352 e. The topological polar surface area (TPSA) is 35.5 Å². The smallest absolute Gasteiger partial charge is 0.311 e. The molecule has 0 rings (SSSR count). The Morgan fingerprint density at radius 3 is 1.36 bits per heavy atom. The van der Waals surface area contributed by atoms with Gasteiger partial charge >= 0.3 is 7.60 Å². The first-order valence-corrected chi connectivity index (χ1v) is 13.5. The van der Waals surface area contributed by atoms with E-state index in [9.17, 15) is 4.57 Å². The Kier molecular flexibility index (Phi) is 4.81. The zero-order valence-electron chi connectivity index (χ0n) is 10.4. The van der Waals surface area contributed by atoms with Crippen LogP contribution >= 0.6 is 7.60 Å². The second kappa shape index (κ2) is 4.62. The summed E-state index contributed by atoms with van der Waals surface area (Å²) in [5, 5.41) is 0. The van der Waals surface area contributed by atoms with Gasteiger partial charge in [0.25, 0.3) is 0 Å².